The number of rotatable bonds is 9. The van der Waals surface area contributed by atoms with Crippen molar-refractivity contribution >= 4 is 23.8 Å². The Labute approximate surface area is 163 Å². The second-order valence-electron chi connectivity index (χ2n) is 5.74. The first-order valence-corrected chi connectivity index (χ1v) is 8.29. The lowest BCUT2D eigenvalue weighted by Gasteiger charge is -2.20. The highest BCUT2D eigenvalue weighted by atomic mass is 19.4. The van der Waals surface area contributed by atoms with Gasteiger partial charge in [0.25, 0.3) is 0 Å². The fraction of sp³-hybridized carbons (Fsp3) is 0.412. The Morgan fingerprint density at radius 3 is 2.24 bits per heavy atom. The van der Waals surface area contributed by atoms with Crippen LogP contribution in [0.5, 0.6) is 0 Å². The molecule has 0 aliphatic heterocycles. The zero-order valence-electron chi connectivity index (χ0n) is 15.3. The number of carbonyl (C=O) groups excluding carboxylic acids is 4. The minimum absolute atomic E-state index is 0.223. The van der Waals surface area contributed by atoms with Gasteiger partial charge in [0.05, 0.1) is 6.54 Å². The molecule has 0 aromatic heterocycles. The number of halogens is 3. The average Bonchev–Trinajstić information content (AvgIpc) is 2.68. The number of nitrogens with one attached hydrogen (secondary N) is 2. The number of carbonyl (C=O) groups is 4. The highest BCUT2D eigenvalue weighted by Gasteiger charge is 2.42. The van der Waals surface area contributed by atoms with E-state index in [2.05, 4.69) is 15.4 Å². The Balaban J connectivity index is 2.78. The number of amides is 2. The van der Waals surface area contributed by atoms with E-state index in [0.717, 1.165) is 0 Å². The van der Waals surface area contributed by atoms with Crippen molar-refractivity contribution < 1.29 is 41.8 Å². The number of nitrogens with two attached hydrogens (primary N) is 1. The van der Waals surface area contributed by atoms with E-state index in [4.69, 9.17) is 10.5 Å². The third kappa shape index (κ3) is 8.60. The van der Waals surface area contributed by atoms with Crippen molar-refractivity contribution in [1.29, 1.82) is 0 Å². The van der Waals surface area contributed by atoms with Crippen LogP contribution in [-0.4, -0.2) is 55.2 Å². The molecule has 1 aromatic carbocycles. The molecule has 12 heteroatoms. The molecular formula is C17H20F3N3O6. The maximum atomic E-state index is 12.3. The summed E-state index contributed by atoms with van der Waals surface area (Å²) in [4.78, 5) is 46.4. The van der Waals surface area contributed by atoms with Gasteiger partial charge in [-0.25, -0.2) is 9.59 Å². The minimum atomic E-state index is -5.27. The molecule has 0 radical (unpaired) electrons. The minimum Gasteiger partial charge on any atom is -0.459 e. The summed E-state index contributed by atoms with van der Waals surface area (Å²) in [5, 5.41) is 4.28. The molecule has 160 valence electrons. The predicted octanol–water partition coefficient (Wildman–Crippen LogP) is -0.216. The summed E-state index contributed by atoms with van der Waals surface area (Å²) in [7, 11) is 0. The fourth-order valence-electron chi connectivity index (χ4n) is 1.90. The summed E-state index contributed by atoms with van der Waals surface area (Å²) in [5.74, 6) is -5.25. The van der Waals surface area contributed by atoms with Crippen molar-refractivity contribution in [2.24, 2.45) is 5.73 Å². The average molecular weight is 419 g/mol. The number of hydrogen-bond donors (Lipinski definition) is 3. The van der Waals surface area contributed by atoms with Crippen LogP contribution < -0.4 is 16.4 Å². The molecule has 0 aliphatic rings. The molecule has 2 amide bonds. The van der Waals surface area contributed by atoms with E-state index in [0.29, 0.717) is 5.56 Å². The van der Waals surface area contributed by atoms with Crippen molar-refractivity contribution in [2.45, 2.75) is 31.8 Å². The molecule has 0 heterocycles. The van der Waals surface area contributed by atoms with E-state index in [1.807, 2.05) is 0 Å². The zero-order valence-corrected chi connectivity index (χ0v) is 15.3. The van der Waals surface area contributed by atoms with Crippen LogP contribution >= 0.6 is 0 Å². The third-order valence-corrected chi connectivity index (χ3v) is 3.39. The van der Waals surface area contributed by atoms with Crippen molar-refractivity contribution in [3.8, 4) is 0 Å². The van der Waals surface area contributed by atoms with E-state index in [-0.39, 0.29) is 6.61 Å². The molecule has 0 saturated heterocycles. The van der Waals surface area contributed by atoms with E-state index < -0.39 is 55.2 Å². The summed E-state index contributed by atoms with van der Waals surface area (Å²) in [6.07, 6.45) is -5.27. The largest absolute Gasteiger partial charge is 0.490 e. The molecular weight excluding hydrogens is 399 g/mol. The summed E-state index contributed by atoms with van der Waals surface area (Å²) in [6.45, 7) is -0.478. The normalized spacial score (nSPS) is 13.0. The van der Waals surface area contributed by atoms with Gasteiger partial charge < -0.3 is 25.8 Å². The lowest BCUT2D eigenvalue weighted by atomic mass is 10.2. The molecule has 1 aromatic rings. The van der Waals surface area contributed by atoms with Crippen LogP contribution in [0.4, 0.5) is 13.2 Å². The van der Waals surface area contributed by atoms with Crippen molar-refractivity contribution in [3.63, 3.8) is 0 Å². The van der Waals surface area contributed by atoms with E-state index >= 15 is 0 Å². The second kappa shape index (κ2) is 11.0. The number of benzene rings is 1. The Kier molecular flexibility index (Phi) is 9.06. The van der Waals surface area contributed by atoms with Crippen LogP contribution in [0.15, 0.2) is 30.3 Å². The Morgan fingerprint density at radius 2 is 1.69 bits per heavy atom. The van der Waals surface area contributed by atoms with Gasteiger partial charge in [0.1, 0.15) is 19.3 Å². The van der Waals surface area contributed by atoms with E-state index in [1.165, 1.54) is 6.92 Å². The summed E-state index contributed by atoms with van der Waals surface area (Å²) >= 11 is 0. The van der Waals surface area contributed by atoms with E-state index in [9.17, 15) is 32.3 Å². The first kappa shape index (κ1) is 23.9. The van der Waals surface area contributed by atoms with Gasteiger partial charge in [-0.2, -0.15) is 13.2 Å². The van der Waals surface area contributed by atoms with Gasteiger partial charge in [-0.05, 0) is 12.5 Å². The predicted molar refractivity (Wildman–Crippen MR) is 91.8 cm³/mol. The molecule has 0 unspecified atom stereocenters. The van der Waals surface area contributed by atoms with Crippen molar-refractivity contribution in [1.82, 2.24) is 10.6 Å². The summed E-state index contributed by atoms with van der Waals surface area (Å²) < 4.78 is 45.9. The molecule has 0 saturated carbocycles. The van der Waals surface area contributed by atoms with Gasteiger partial charge in [-0.15, -0.1) is 0 Å². The molecule has 0 fully saturated rings. The number of esters is 2. The highest BCUT2D eigenvalue weighted by Crippen LogP contribution is 2.16. The number of hydrogen-bond acceptors (Lipinski definition) is 7. The van der Waals surface area contributed by atoms with Crippen LogP contribution in [0.1, 0.15) is 12.5 Å². The Hall–Kier alpha value is -3.15. The molecule has 2 atom stereocenters. The van der Waals surface area contributed by atoms with Gasteiger partial charge in [-0.1, -0.05) is 30.3 Å². The SMILES string of the molecule is C[C@H](NC(=O)CN)C(=O)N[C@@H](COC(=O)C(F)(F)F)C(=O)OCc1ccccc1. The second-order valence-corrected chi connectivity index (χ2v) is 5.74. The molecule has 1 rings (SSSR count). The maximum Gasteiger partial charge on any atom is 0.490 e. The number of ether oxygens (including phenoxy) is 2. The zero-order chi connectivity index (χ0) is 22.0. The molecule has 0 spiro atoms. The van der Waals surface area contributed by atoms with Crippen LogP contribution in [-0.2, 0) is 35.3 Å². The summed E-state index contributed by atoms with van der Waals surface area (Å²) in [5.41, 5.74) is 5.69. The van der Waals surface area contributed by atoms with Crippen LogP contribution in [0.3, 0.4) is 0 Å². The van der Waals surface area contributed by atoms with Gasteiger partial charge in [0, 0.05) is 0 Å². The monoisotopic (exact) mass is 419 g/mol. The highest BCUT2D eigenvalue weighted by molar-refractivity contribution is 5.91. The van der Waals surface area contributed by atoms with Gasteiger partial charge in [0.2, 0.25) is 11.8 Å². The standard InChI is InChI=1S/C17H20F3N3O6/c1-10(22-13(24)7-21)14(25)23-12(9-29-16(27)17(18,19)20)15(26)28-8-11-5-3-2-4-6-11/h2-6,10,12H,7-9,21H2,1H3,(H,22,24)(H,23,25)/t10-,12-/m0/s1. The lowest BCUT2D eigenvalue weighted by Crippen LogP contribution is -2.53. The molecule has 0 bridgehead atoms. The fourth-order valence-corrected chi connectivity index (χ4v) is 1.90. The van der Waals surface area contributed by atoms with Gasteiger partial charge in [0.15, 0.2) is 6.04 Å². The smallest absolute Gasteiger partial charge is 0.459 e. The Bertz CT molecular complexity index is 727. The number of alkyl halides is 3. The lowest BCUT2D eigenvalue weighted by molar-refractivity contribution is -0.200. The summed E-state index contributed by atoms with van der Waals surface area (Å²) in [6, 6.07) is 5.46. The first-order valence-electron chi connectivity index (χ1n) is 8.29. The molecule has 4 N–H and O–H groups in total. The molecule has 9 nitrogen and oxygen atoms in total. The third-order valence-electron chi connectivity index (χ3n) is 3.39. The maximum absolute atomic E-state index is 12.3. The van der Waals surface area contributed by atoms with Crippen molar-refractivity contribution in [2.75, 3.05) is 13.2 Å². The molecule has 29 heavy (non-hydrogen) atoms. The van der Waals surface area contributed by atoms with Crippen molar-refractivity contribution in [3.05, 3.63) is 35.9 Å². The topological polar surface area (TPSA) is 137 Å². The van der Waals surface area contributed by atoms with E-state index in [1.54, 1.807) is 30.3 Å². The molecule has 0 aliphatic carbocycles. The van der Waals surface area contributed by atoms with Crippen LogP contribution in [0.2, 0.25) is 0 Å². The van der Waals surface area contributed by atoms with Gasteiger partial charge in [-0.3, -0.25) is 9.59 Å². The van der Waals surface area contributed by atoms with Crippen LogP contribution in [0, 0.1) is 0 Å². The first-order chi connectivity index (χ1) is 13.5. The Morgan fingerprint density at radius 1 is 1.07 bits per heavy atom. The van der Waals surface area contributed by atoms with Crippen LogP contribution in [0.25, 0.3) is 0 Å². The van der Waals surface area contributed by atoms with Gasteiger partial charge >= 0.3 is 18.1 Å². The quantitative estimate of drug-likeness (QED) is 0.471.